The maximum absolute atomic E-state index is 11.6. The summed E-state index contributed by atoms with van der Waals surface area (Å²) in [4.78, 5) is 16.2. The molecule has 1 fully saturated rings. The smallest absolute Gasteiger partial charge is 0.349 e. The lowest BCUT2D eigenvalue weighted by atomic mass is 9.89. The van der Waals surface area contributed by atoms with Gasteiger partial charge in [0.05, 0.1) is 6.42 Å². The molecule has 0 radical (unpaired) electrons. The van der Waals surface area contributed by atoms with E-state index in [1.807, 2.05) is 12.1 Å². The van der Waals surface area contributed by atoms with Crippen LogP contribution in [0.3, 0.4) is 0 Å². The normalized spacial score (nSPS) is 15.7. The highest BCUT2D eigenvalue weighted by Crippen LogP contribution is 2.26. The standard InChI is InChI=1S/C17H24FNO2/c1-19(13-15-5-3-2-4-6-15)16-10-7-14(8-11-16)9-12-17(20)21-18/h7-8,10-11,15H,2-6,9,12-13H2,1H3. The fourth-order valence-corrected chi connectivity index (χ4v) is 3.06. The summed E-state index contributed by atoms with van der Waals surface area (Å²) in [5.74, 6) is -0.00348. The van der Waals surface area contributed by atoms with Gasteiger partial charge in [-0.25, -0.2) is 4.79 Å². The van der Waals surface area contributed by atoms with Crippen LogP contribution in [0.1, 0.15) is 44.1 Å². The zero-order valence-electron chi connectivity index (χ0n) is 12.7. The molecule has 0 saturated heterocycles. The van der Waals surface area contributed by atoms with Gasteiger partial charge in [0.2, 0.25) is 0 Å². The Bertz CT molecular complexity index is 441. The number of halogens is 1. The Kier molecular flexibility index (Phi) is 6.03. The summed E-state index contributed by atoms with van der Waals surface area (Å²) in [5.41, 5.74) is 2.22. The number of hydrogen-bond acceptors (Lipinski definition) is 3. The van der Waals surface area contributed by atoms with Crippen molar-refractivity contribution in [2.24, 2.45) is 5.92 Å². The molecule has 116 valence electrons. The minimum Gasteiger partial charge on any atom is -0.374 e. The molecule has 1 aliphatic rings. The second kappa shape index (κ2) is 8.01. The predicted octanol–water partition coefficient (Wildman–Crippen LogP) is 4.06. The van der Waals surface area contributed by atoms with Crippen molar-refractivity contribution >= 4 is 11.7 Å². The first-order valence-corrected chi connectivity index (χ1v) is 7.80. The number of benzene rings is 1. The molecule has 0 amide bonds. The summed E-state index contributed by atoms with van der Waals surface area (Å²) in [6, 6.07) is 8.13. The molecule has 0 aliphatic heterocycles. The number of rotatable bonds is 6. The first-order valence-electron chi connectivity index (χ1n) is 7.80. The van der Waals surface area contributed by atoms with Crippen LogP contribution in [-0.4, -0.2) is 19.6 Å². The monoisotopic (exact) mass is 293 g/mol. The molecule has 0 aromatic heterocycles. The molecule has 3 nitrogen and oxygen atoms in total. The zero-order valence-corrected chi connectivity index (χ0v) is 12.7. The number of aryl methyl sites for hydroxylation is 1. The van der Waals surface area contributed by atoms with Gasteiger partial charge in [0.1, 0.15) is 0 Å². The number of carbonyl (C=O) groups is 1. The van der Waals surface area contributed by atoms with Crippen LogP contribution in [-0.2, 0) is 16.2 Å². The molecular weight excluding hydrogens is 269 g/mol. The Morgan fingerprint density at radius 1 is 1.24 bits per heavy atom. The summed E-state index contributed by atoms with van der Waals surface area (Å²) in [6.07, 6.45) is 7.38. The average Bonchev–Trinajstić information content (AvgIpc) is 2.54. The van der Waals surface area contributed by atoms with E-state index in [1.54, 1.807) is 0 Å². The molecule has 0 atom stereocenters. The summed E-state index contributed by atoms with van der Waals surface area (Å²) in [7, 11) is 2.13. The van der Waals surface area contributed by atoms with Crippen molar-refractivity contribution in [1.82, 2.24) is 0 Å². The van der Waals surface area contributed by atoms with Crippen LogP contribution in [0.15, 0.2) is 24.3 Å². The van der Waals surface area contributed by atoms with E-state index >= 15 is 0 Å². The van der Waals surface area contributed by atoms with Gasteiger partial charge in [-0.3, -0.25) is 4.94 Å². The van der Waals surface area contributed by atoms with Crippen molar-refractivity contribution in [3.8, 4) is 0 Å². The number of hydrogen-bond donors (Lipinski definition) is 0. The van der Waals surface area contributed by atoms with E-state index in [4.69, 9.17) is 0 Å². The molecule has 1 aromatic carbocycles. The van der Waals surface area contributed by atoms with E-state index in [2.05, 4.69) is 29.0 Å². The van der Waals surface area contributed by atoms with Crippen LogP contribution >= 0.6 is 0 Å². The fraction of sp³-hybridized carbons (Fsp3) is 0.588. The highest BCUT2D eigenvalue weighted by Gasteiger charge is 2.15. The lowest BCUT2D eigenvalue weighted by Gasteiger charge is -2.28. The average molecular weight is 293 g/mol. The predicted molar refractivity (Wildman–Crippen MR) is 81.8 cm³/mol. The molecule has 0 unspecified atom stereocenters. The maximum Gasteiger partial charge on any atom is 0.349 e. The zero-order chi connectivity index (χ0) is 15.1. The molecule has 0 bridgehead atoms. The third-order valence-electron chi connectivity index (χ3n) is 4.34. The summed E-state index contributed by atoms with van der Waals surface area (Å²) < 4.78 is 11.6. The molecule has 1 saturated carbocycles. The Labute approximate surface area is 126 Å². The van der Waals surface area contributed by atoms with Crippen LogP contribution in [0.25, 0.3) is 0 Å². The fourth-order valence-electron chi connectivity index (χ4n) is 3.06. The number of nitrogens with zero attached hydrogens (tertiary/aromatic N) is 1. The van der Waals surface area contributed by atoms with E-state index < -0.39 is 5.97 Å². The largest absolute Gasteiger partial charge is 0.374 e. The van der Waals surface area contributed by atoms with Crippen molar-refractivity contribution in [2.75, 3.05) is 18.5 Å². The minimum absolute atomic E-state index is 0.0771. The van der Waals surface area contributed by atoms with Crippen molar-refractivity contribution in [3.63, 3.8) is 0 Å². The lowest BCUT2D eigenvalue weighted by molar-refractivity contribution is -0.183. The van der Waals surface area contributed by atoms with E-state index in [0.717, 1.165) is 18.0 Å². The Balaban J connectivity index is 1.84. The van der Waals surface area contributed by atoms with Crippen LogP contribution in [0.4, 0.5) is 10.2 Å². The van der Waals surface area contributed by atoms with Crippen molar-refractivity contribution in [3.05, 3.63) is 29.8 Å². The van der Waals surface area contributed by atoms with Crippen LogP contribution in [0, 0.1) is 5.92 Å². The summed E-state index contributed by atoms with van der Waals surface area (Å²) in [5, 5.41) is 0. The number of carbonyl (C=O) groups excluding carboxylic acids is 1. The Hall–Kier alpha value is -1.58. The molecule has 1 aromatic rings. The maximum atomic E-state index is 11.6. The molecular formula is C17H24FNO2. The summed E-state index contributed by atoms with van der Waals surface area (Å²) in [6.45, 7) is 1.10. The summed E-state index contributed by atoms with van der Waals surface area (Å²) >= 11 is 0. The van der Waals surface area contributed by atoms with Gasteiger partial charge < -0.3 is 4.90 Å². The van der Waals surface area contributed by atoms with Gasteiger partial charge in [-0.05, 0) is 42.9 Å². The SMILES string of the molecule is CN(CC1CCCCC1)c1ccc(CCC(=O)OF)cc1. The van der Waals surface area contributed by atoms with Gasteiger partial charge in [0.15, 0.2) is 0 Å². The molecule has 0 spiro atoms. The van der Waals surface area contributed by atoms with Crippen molar-refractivity contribution in [1.29, 1.82) is 0 Å². The second-order valence-electron chi connectivity index (χ2n) is 6.00. The minimum atomic E-state index is -0.812. The highest BCUT2D eigenvalue weighted by molar-refractivity contribution is 5.69. The molecule has 4 heteroatoms. The van der Waals surface area contributed by atoms with E-state index in [-0.39, 0.29) is 6.42 Å². The van der Waals surface area contributed by atoms with Crippen molar-refractivity contribution < 1.29 is 14.3 Å². The van der Waals surface area contributed by atoms with E-state index in [1.165, 1.54) is 37.8 Å². The van der Waals surface area contributed by atoms with Gasteiger partial charge in [0.25, 0.3) is 0 Å². The van der Waals surface area contributed by atoms with Gasteiger partial charge in [-0.1, -0.05) is 31.4 Å². The quantitative estimate of drug-likeness (QED) is 0.792. The second-order valence-corrected chi connectivity index (χ2v) is 6.00. The van der Waals surface area contributed by atoms with Gasteiger partial charge >= 0.3 is 5.97 Å². The number of anilines is 1. The first-order chi connectivity index (χ1) is 10.2. The molecule has 21 heavy (non-hydrogen) atoms. The van der Waals surface area contributed by atoms with E-state index in [9.17, 15) is 9.32 Å². The van der Waals surface area contributed by atoms with Crippen LogP contribution < -0.4 is 4.90 Å². The topological polar surface area (TPSA) is 29.5 Å². The Morgan fingerprint density at radius 2 is 1.90 bits per heavy atom. The van der Waals surface area contributed by atoms with Crippen LogP contribution in [0.2, 0.25) is 0 Å². The molecule has 1 aliphatic carbocycles. The molecule has 0 heterocycles. The molecule has 0 N–H and O–H groups in total. The van der Waals surface area contributed by atoms with E-state index in [0.29, 0.717) is 6.42 Å². The van der Waals surface area contributed by atoms with Crippen molar-refractivity contribution in [2.45, 2.75) is 44.9 Å². The first kappa shape index (κ1) is 15.8. The van der Waals surface area contributed by atoms with Gasteiger partial charge in [0, 0.05) is 23.8 Å². The Morgan fingerprint density at radius 3 is 2.52 bits per heavy atom. The highest BCUT2D eigenvalue weighted by atomic mass is 19.3. The van der Waals surface area contributed by atoms with Gasteiger partial charge in [-0.15, -0.1) is 0 Å². The van der Waals surface area contributed by atoms with Gasteiger partial charge in [-0.2, -0.15) is 0 Å². The third kappa shape index (κ3) is 5.03. The third-order valence-corrected chi connectivity index (χ3v) is 4.34. The van der Waals surface area contributed by atoms with Crippen LogP contribution in [0.5, 0.6) is 0 Å². The lowest BCUT2D eigenvalue weighted by Crippen LogP contribution is -2.26. The molecule has 2 rings (SSSR count).